The van der Waals surface area contributed by atoms with Gasteiger partial charge < -0.3 is 50.0 Å². The van der Waals surface area contributed by atoms with E-state index in [1.807, 2.05) is 0 Å². The van der Waals surface area contributed by atoms with Crippen molar-refractivity contribution in [1.82, 2.24) is 0 Å². The van der Waals surface area contributed by atoms with Gasteiger partial charge in [0.2, 0.25) is 5.43 Å². The highest BCUT2D eigenvalue weighted by molar-refractivity contribution is 5.96. The molecule has 1 saturated heterocycles. The van der Waals surface area contributed by atoms with Crippen LogP contribution >= 0.6 is 0 Å². The molecule has 1 aliphatic heterocycles. The van der Waals surface area contributed by atoms with Crippen LogP contribution in [0, 0.1) is 0 Å². The number of aliphatic hydroxyl groups excluding tert-OH is 4. The van der Waals surface area contributed by atoms with Crippen LogP contribution in [0.4, 0.5) is 0 Å². The van der Waals surface area contributed by atoms with Crippen molar-refractivity contribution in [3.8, 4) is 23.0 Å². The molecular weight excluding hydrogens is 404 g/mol. The van der Waals surface area contributed by atoms with E-state index in [1.165, 1.54) is 0 Å². The van der Waals surface area contributed by atoms with Gasteiger partial charge in [0.05, 0.1) is 17.6 Å². The molecule has 4 rings (SSSR count). The Morgan fingerprint density at radius 1 is 0.833 bits per heavy atom. The maximum Gasteiger partial charge on any atom is 0.204 e. The molecule has 0 aliphatic carbocycles. The number of hydrogen-bond donors (Lipinski definition) is 8. The minimum absolute atomic E-state index is 0.182. The first kappa shape index (κ1) is 20.2. The largest absolute Gasteiger partial charge is 0.507 e. The van der Waals surface area contributed by atoms with Gasteiger partial charge in [-0.25, -0.2) is 0 Å². The molecule has 160 valence electrons. The molecule has 0 bridgehead atoms. The SMILES string of the molecule is O=c1c2cc(O)c(O)cc2oc2c([C@@H]3O[C@H](CO)[C@@H](O)[C@H](O)[C@H]3O)c(O)cc(O)c12. The summed E-state index contributed by atoms with van der Waals surface area (Å²) in [6.07, 6.45) is -8.08. The van der Waals surface area contributed by atoms with Gasteiger partial charge in [0, 0.05) is 12.1 Å². The number of benzene rings is 2. The second-order valence-electron chi connectivity index (χ2n) is 7.05. The molecule has 8 N–H and O–H groups in total. The highest BCUT2D eigenvalue weighted by Gasteiger charge is 2.46. The maximum atomic E-state index is 12.9. The number of rotatable bonds is 2. The number of hydrogen-bond acceptors (Lipinski definition) is 11. The van der Waals surface area contributed by atoms with E-state index in [0.29, 0.717) is 0 Å². The number of aromatic hydroxyl groups is 4. The average Bonchev–Trinajstić information content (AvgIpc) is 2.69. The smallest absolute Gasteiger partial charge is 0.204 e. The Labute approximate surface area is 166 Å². The van der Waals surface area contributed by atoms with Crippen molar-refractivity contribution in [3.05, 3.63) is 34.0 Å². The summed E-state index contributed by atoms with van der Waals surface area (Å²) in [4.78, 5) is 12.9. The minimum atomic E-state index is -1.80. The predicted octanol–water partition coefficient (Wildman–Crippen LogP) is -0.717. The quantitative estimate of drug-likeness (QED) is 0.191. The Hall–Kier alpha value is -3.09. The monoisotopic (exact) mass is 422 g/mol. The lowest BCUT2D eigenvalue weighted by Gasteiger charge is -2.40. The number of ether oxygens (including phenoxy) is 1. The Morgan fingerprint density at radius 2 is 1.50 bits per heavy atom. The standard InChI is InChI=1S/C19H18O11/c20-4-11-15(26)16(27)17(28)19(30-11)13-9(24)2-8(23)12-14(25)5-1-6(21)7(22)3-10(5)29-18(12)13/h1-3,11,15-17,19-24,26-28H,4H2/t11-,15-,16+,17-,19+/m1/s1. The Morgan fingerprint density at radius 3 is 2.17 bits per heavy atom. The molecule has 2 heterocycles. The summed E-state index contributed by atoms with van der Waals surface area (Å²) in [7, 11) is 0. The Balaban J connectivity index is 2.05. The predicted molar refractivity (Wildman–Crippen MR) is 99.4 cm³/mol. The van der Waals surface area contributed by atoms with Gasteiger partial charge >= 0.3 is 0 Å². The van der Waals surface area contributed by atoms with E-state index in [9.17, 15) is 45.6 Å². The molecule has 0 unspecified atom stereocenters. The fraction of sp³-hybridized carbons (Fsp3) is 0.316. The van der Waals surface area contributed by atoms with E-state index >= 15 is 0 Å². The van der Waals surface area contributed by atoms with Crippen LogP contribution in [0.2, 0.25) is 0 Å². The van der Waals surface area contributed by atoms with Crippen molar-refractivity contribution in [2.45, 2.75) is 30.5 Å². The van der Waals surface area contributed by atoms with Crippen LogP contribution in [0.3, 0.4) is 0 Å². The molecule has 30 heavy (non-hydrogen) atoms. The van der Waals surface area contributed by atoms with E-state index in [0.717, 1.165) is 18.2 Å². The highest BCUT2D eigenvalue weighted by Crippen LogP contribution is 2.44. The van der Waals surface area contributed by atoms with Crippen molar-refractivity contribution in [3.63, 3.8) is 0 Å². The maximum absolute atomic E-state index is 12.9. The second-order valence-corrected chi connectivity index (χ2v) is 7.05. The zero-order chi connectivity index (χ0) is 21.9. The number of aliphatic hydroxyl groups is 4. The molecule has 2 aromatic carbocycles. The van der Waals surface area contributed by atoms with Gasteiger partial charge in [-0.15, -0.1) is 0 Å². The number of phenols is 4. The molecule has 0 radical (unpaired) electrons. The summed E-state index contributed by atoms with van der Waals surface area (Å²) < 4.78 is 11.0. The molecule has 1 fully saturated rings. The van der Waals surface area contributed by atoms with Gasteiger partial charge in [0.15, 0.2) is 17.1 Å². The molecule has 1 aromatic heterocycles. The van der Waals surface area contributed by atoms with Crippen molar-refractivity contribution < 1.29 is 50.0 Å². The van der Waals surface area contributed by atoms with Gasteiger partial charge in [-0.05, 0) is 6.07 Å². The summed E-state index contributed by atoms with van der Waals surface area (Å²) in [6.45, 7) is -0.724. The van der Waals surface area contributed by atoms with Crippen LogP contribution in [-0.2, 0) is 4.74 Å². The van der Waals surface area contributed by atoms with E-state index in [1.54, 1.807) is 0 Å². The lowest BCUT2D eigenvalue weighted by Crippen LogP contribution is -2.55. The molecule has 11 nitrogen and oxygen atoms in total. The van der Waals surface area contributed by atoms with E-state index < -0.39 is 76.5 Å². The molecule has 0 saturated carbocycles. The summed E-state index contributed by atoms with van der Waals surface area (Å²) >= 11 is 0. The second kappa shape index (κ2) is 7.00. The normalized spacial score (nSPS) is 27.0. The van der Waals surface area contributed by atoms with Gasteiger partial charge in [0.25, 0.3) is 0 Å². The number of fused-ring (bicyclic) bond motifs is 2. The lowest BCUT2D eigenvalue weighted by molar-refractivity contribution is -0.231. The highest BCUT2D eigenvalue weighted by atomic mass is 16.5. The van der Waals surface area contributed by atoms with Crippen LogP contribution in [0.15, 0.2) is 27.4 Å². The summed E-state index contributed by atoms with van der Waals surface area (Å²) in [5.74, 6) is -2.51. The third-order valence-electron chi connectivity index (χ3n) is 5.21. The van der Waals surface area contributed by atoms with Crippen LogP contribution in [0.1, 0.15) is 11.7 Å². The van der Waals surface area contributed by atoms with Gasteiger partial charge in [-0.2, -0.15) is 0 Å². The molecular formula is C19H18O11. The Bertz CT molecular complexity index is 1200. The third kappa shape index (κ3) is 2.83. The fourth-order valence-corrected chi connectivity index (χ4v) is 3.65. The first-order chi connectivity index (χ1) is 14.1. The number of phenolic OH excluding ortho intramolecular Hbond substituents is 4. The summed E-state index contributed by atoms with van der Waals surface area (Å²) in [6, 6.07) is 2.70. The first-order valence-electron chi connectivity index (χ1n) is 8.83. The van der Waals surface area contributed by atoms with Crippen LogP contribution in [-0.4, -0.2) is 71.9 Å². The topological polar surface area (TPSA) is 201 Å². The van der Waals surface area contributed by atoms with E-state index in [2.05, 4.69) is 0 Å². The van der Waals surface area contributed by atoms with Crippen LogP contribution < -0.4 is 5.43 Å². The van der Waals surface area contributed by atoms with E-state index in [-0.39, 0.29) is 16.5 Å². The molecule has 5 atom stereocenters. The van der Waals surface area contributed by atoms with Gasteiger partial charge in [0.1, 0.15) is 53.0 Å². The summed E-state index contributed by atoms with van der Waals surface area (Å²) in [5.41, 5.74) is -1.77. The van der Waals surface area contributed by atoms with Crippen LogP contribution in [0.5, 0.6) is 23.0 Å². The van der Waals surface area contributed by atoms with Crippen molar-refractivity contribution in [1.29, 1.82) is 0 Å². The molecule has 11 heteroatoms. The molecule has 0 amide bonds. The lowest BCUT2D eigenvalue weighted by atomic mass is 9.89. The zero-order valence-corrected chi connectivity index (χ0v) is 15.1. The van der Waals surface area contributed by atoms with E-state index in [4.69, 9.17) is 9.15 Å². The van der Waals surface area contributed by atoms with Crippen molar-refractivity contribution >= 4 is 21.9 Å². The van der Waals surface area contributed by atoms with Gasteiger partial charge in [-0.1, -0.05) is 0 Å². The molecule has 3 aromatic rings. The van der Waals surface area contributed by atoms with Crippen molar-refractivity contribution in [2.75, 3.05) is 6.61 Å². The Kier molecular flexibility index (Phi) is 4.71. The summed E-state index contributed by atoms with van der Waals surface area (Å²) in [5, 5.41) is 79.3. The third-order valence-corrected chi connectivity index (χ3v) is 5.21. The van der Waals surface area contributed by atoms with Crippen LogP contribution in [0.25, 0.3) is 21.9 Å². The molecule has 0 spiro atoms. The van der Waals surface area contributed by atoms with Gasteiger partial charge in [-0.3, -0.25) is 4.79 Å². The fourth-order valence-electron chi connectivity index (χ4n) is 3.65. The molecule has 1 aliphatic rings. The first-order valence-corrected chi connectivity index (χ1v) is 8.83. The minimum Gasteiger partial charge on any atom is -0.507 e. The van der Waals surface area contributed by atoms with Crippen molar-refractivity contribution in [2.24, 2.45) is 0 Å². The average molecular weight is 422 g/mol. The zero-order valence-electron chi connectivity index (χ0n) is 15.1.